The number of ether oxygens (including phenoxy) is 1. The van der Waals surface area contributed by atoms with Crippen molar-refractivity contribution >= 4 is 27.8 Å². The van der Waals surface area contributed by atoms with Crippen LogP contribution in [0.15, 0.2) is 16.7 Å². The molecule has 3 aromatic heterocycles. The normalized spacial score (nSPS) is 13.1. The summed E-state index contributed by atoms with van der Waals surface area (Å²) in [5.41, 5.74) is 4.27. The fraction of sp³-hybridized carbons (Fsp3) is 0.458. The van der Waals surface area contributed by atoms with Gasteiger partial charge in [-0.2, -0.15) is 0 Å². The maximum Gasteiger partial charge on any atom is 0.144 e. The van der Waals surface area contributed by atoms with Crippen molar-refractivity contribution in [1.29, 1.82) is 0 Å². The Kier molecular flexibility index (Phi) is 5.58. The van der Waals surface area contributed by atoms with Crippen molar-refractivity contribution in [1.82, 2.24) is 20.1 Å². The zero-order chi connectivity index (χ0) is 23.2. The van der Waals surface area contributed by atoms with Crippen molar-refractivity contribution < 1.29 is 14.4 Å². The Labute approximate surface area is 187 Å². The number of fused-ring (bicyclic) bond motifs is 3. The molecule has 1 unspecified atom stereocenters. The molecule has 0 aliphatic rings. The number of aliphatic hydroxyl groups is 1. The highest BCUT2D eigenvalue weighted by Crippen LogP contribution is 2.41. The second kappa shape index (κ2) is 8.09. The molecule has 1 atom stereocenters. The van der Waals surface area contributed by atoms with Crippen LogP contribution < -0.4 is 10.1 Å². The summed E-state index contributed by atoms with van der Waals surface area (Å²) in [4.78, 5) is 12.8. The maximum absolute atomic E-state index is 9.60. The van der Waals surface area contributed by atoms with Crippen LogP contribution in [-0.4, -0.2) is 45.0 Å². The molecule has 3 N–H and O–H groups in total. The van der Waals surface area contributed by atoms with Crippen LogP contribution in [0.25, 0.3) is 33.1 Å². The Balaban J connectivity index is 1.95. The molecular formula is C24H31N5O3. The lowest BCUT2D eigenvalue weighted by atomic mass is 9.85. The third-order valence-electron chi connectivity index (χ3n) is 5.96. The number of hydrogen-bond donors (Lipinski definition) is 3. The van der Waals surface area contributed by atoms with Crippen molar-refractivity contribution in [3.05, 3.63) is 29.4 Å². The fourth-order valence-corrected chi connectivity index (χ4v) is 4.29. The van der Waals surface area contributed by atoms with E-state index in [-0.39, 0.29) is 18.1 Å². The predicted octanol–water partition coefficient (Wildman–Crippen LogP) is 4.91. The first-order valence-corrected chi connectivity index (χ1v) is 10.8. The van der Waals surface area contributed by atoms with Gasteiger partial charge >= 0.3 is 0 Å². The van der Waals surface area contributed by atoms with Gasteiger partial charge in [0.15, 0.2) is 0 Å². The number of anilines is 1. The van der Waals surface area contributed by atoms with E-state index in [4.69, 9.17) is 14.2 Å². The molecule has 32 heavy (non-hydrogen) atoms. The number of methoxy groups -OCH3 is 1. The monoisotopic (exact) mass is 437 g/mol. The van der Waals surface area contributed by atoms with Gasteiger partial charge in [-0.15, -0.1) is 0 Å². The van der Waals surface area contributed by atoms with E-state index in [0.717, 1.165) is 56.1 Å². The smallest absolute Gasteiger partial charge is 0.144 e. The van der Waals surface area contributed by atoms with E-state index in [1.807, 2.05) is 26.8 Å². The van der Waals surface area contributed by atoms with Crippen LogP contribution in [0.5, 0.6) is 5.75 Å². The average molecular weight is 438 g/mol. The van der Waals surface area contributed by atoms with Crippen LogP contribution in [0.2, 0.25) is 0 Å². The van der Waals surface area contributed by atoms with Crippen molar-refractivity contribution in [3.8, 4) is 16.9 Å². The number of rotatable bonds is 6. The minimum atomic E-state index is -0.0613. The third kappa shape index (κ3) is 3.79. The first-order valence-electron chi connectivity index (χ1n) is 10.8. The van der Waals surface area contributed by atoms with Crippen LogP contribution in [0, 0.1) is 26.2 Å². The SMILES string of the molecule is COc1cc2c(cc1-c1c(C)noc1C)[nH]c1nc(C)nc(NC(CCO)C(C)(C)C)c12. The molecule has 4 rings (SSSR count). The number of aromatic nitrogens is 4. The Morgan fingerprint density at radius 2 is 1.94 bits per heavy atom. The molecular weight excluding hydrogens is 406 g/mol. The number of aliphatic hydroxyl groups excluding tert-OH is 1. The first-order chi connectivity index (χ1) is 15.1. The van der Waals surface area contributed by atoms with Gasteiger partial charge in [0.25, 0.3) is 0 Å². The van der Waals surface area contributed by atoms with Crippen LogP contribution in [0.4, 0.5) is 5.82 Å². The van der Waals surface area contributed by atoms with E-state index in [1.54, 1.807) is 7.11 Å². The van der Waals surface area contributed by atoms with Gasteiger partial charge in [0, 0.05) is 29.1 Å². The van der Waals surface area contributed by atoms with Gasteiger partial charge in [0.05, 0.1) is 23.8 Å². The van der Waals surface area contributed by atoms with Crippen LogP contribution in [-0.2, 0) is 0 Å². The number of nitrogens with zero attached hydrogens (tertiary/aromatic N) is 3. The molecule has 0 spiro atoms. The lowest BCUT2D eigenvalue weighted by Crippen LogP contribution is -2.35. The molecule has 0 saturated heterocycles. The average Bonchev–Trinajstić information content (AvgIpc) is 3.24. The highest BCUT2D eigenvalue weighted by molar-refractivity contribution is 6.12. The fourth-order valence-electron chi connectivity index (χ4n) is 4.29. The minimum Gasteiger partial charge on any atom is -0.496 e. The summed E-state index contributed by atoms with van der Waals surface area (Å²) in [7, 11) is 1.66. The van der Waals surface area contributed by atoms with E-state index < -0.39 is 0 Å². The molecule has 170 valence electrons. The second-order valence-electron chi connectivity index (χ2n) is 9.34. The van der Waals surface area contributed by atoms with Crippen LogP contribution in [0.3, 0.4) is 0 Å². The van der Waals surface area contributed by atoms with Gasteiger partial charge < -0.3 is 24.7 Å². The molecule has 0 saturated carbocycles. The number of benzene rings is 1. The number of aromatic amines is 1. The summed E-state index contributed by atoms with van der Waals surface area (Å²) in [5, 5.41) is 19.2. The minimum absolute atomic E-state index is 0.0402. The second-order valence-corrected chi connectivity index (χ2v) is 9.34. The van der Waals surface area contributed by atoms with Gasteiger partial charge in [-0.3, -0.25) is 0 Å². The van der Waals surface area contributed by atoms with E-state index in [0.29, 0.717) is 12.2 Å². The predicted molar refractivity (Wildman–Crippen MR) is 126 cm³/mol. The molecule has 0 aliphatic carbocycles. The summed E-state index contributed by atoms with van der Waals surface area (Å²) in [6, 6.07) is 4.10. The Hall–Kier alpha value is -3.13. The maximum atomic E-state index is 9.60. The number of H-pyrrole nitrogens is 1. The summed E-state index contributed by atoms with van der Waals surface area (Å²) in [6.07, 6.45) is 0.621. The molecule has 0 amide bonds. The van der Waals surface area contributed by atoms with E-state index >= 15 is 0 Å². The Bertz CT molecular complexity index is 1260. The van der Waals surface area contributed by atoms with Crippen molar-refractivity contribution in [2.24, 2.45) is 5.41 Å². The van der Waals surface area contributed by atoms with Gasteiger partial charge in [0.2, 0.25) is 0 Å². The largest absolute Gasteiger partial charge is 0.496 e. The lowest BCUT2D eigenvalue weighted by molar-refractivity contribution is 0.235. The number of nitrogens with one attached hydrogen (secondary N) is 2. The standard InChI is InChI=1S/C24H31N5O3/c1-12-20(13(2)32-29-12)16-10-17-15(11-18(16)31-7)21-22(27-17)25-14(3)26-23(21)28-19(8-9-30)24(4,5)6/h10-11,19,30H,8-9H2,1-7H3,(H2,25,26,27,28). The summed E-state index contributed by atoms with van der Waals surface area (Å²) >= 11 is 0. The molecule has 0 fully saturated rings. The van der Waals surface area contributed by atoms with Gasteiger partial charge in [-0.25, -0.2) is 9.97 Å². The van der Waals surface area contributed by atoms with Crippen LogP contribution in [0.1, 0.15) is 44.5 Å². The first kappa shape index (κ1) is 22.1. The van der Waals surface area contributed by atoms with Crippen molar-refractivity contribution in [2.75, 3.05) is 19.0 Å². The zero-order valence-corrected chi connectivity index (χ0v) is 19.8. The zero-order valence-electron chi connectivity index (χ0n) is 19.8. The summed E-state index contributed by atoms with van der Waals surface area (Å²) in [5.74, 6) is 2.88. The van der Waals surface area contributed by atoms with Gasteiger partial charge in [-0.05, 0) is 44.7 Å². The van der Waals surface area contributed by atoms with Crippen molar-refractivity contribution in [2.45, 2.75) is 54.0 Å². The topological polar surface area (TPSA) is 109 Å². The Morgan fingerprint density at radius 1 is 1.19 bits per heavy atom. The summed E-state index contributed by atoms with van der Waals surface area (Å²) < 4.78 is 11.2. The number of aryl methyl sites for hydroxylation is 3. The molecule has 8 heteroatoms. The Morgan fingerprint density at radius 3 is 2.53 bits per heavy atom. The van der Waals surface area contributed by atoms with E-state index in [9.17, 15) is 5.11 Å². The van der Waals surface area contributed by atoms with E-state index in [1.165, 1.54) is 0 Å². The molecule has 8 nitrogen and oxygen atoms in total. The molecule has 0 bridgehead atoms. The quantitative estimate of drug-likeness (QED) is 0.393. The highest BCUT2D eigenvalue weighted by atomic mass is 16.5. The third-order valence-corrected chi connectivity index (χ3v) is 5.96. The molecule has 4 aromatic rings. The van der Waals surface area contributed by atoms with Crippen molar-refractivity contribution in [3.63, 3.8) is 0 Å². The molecule has 0 aliphatic heterocycles. The highest BCUT2D eigenvalue weighted by Gasteiger charge is 2.26. The molecule has 3 heterocycles. The molecule has 0 radical (unpaired) electrons. The molecule has 1 aromatic carbocycles. The number of hydrogen-bond acceptors (Lipinski definition) is 7. The van der Waals surface area contributed by atoms with Gasteiger partial charge in [-0.1, -0.05) is 25.9 Å². The van der Waals surface area contributed by atoms with E-state index in [2.05, 4.69) is 47.3 Å². The lowest BCUT2D eigenvalue weighted by Gasteiger charge is -2.31. The summed E-state index contributed by atoms with van der Waals surface area (Å²) in [6.45, 7) is 12.3. The van der Waals surface area contributed by atoms with Gasteiger partial charge in [0.1, 0.15) is 28.8 Å². The van der Waals surface area contributed by atoms with Crippen LogP contribution >= 0.6 is 0 Å².